The zero-order valence-corrected chi connectivity index (χ0v) is 8.81. The van der Waals surface area contributed by atoms with Gasteiger partial charge in [0, 0.05) is 12.3 Å². The SMILES string of the molecule is CC(=O)C(C)C.CCCC(C)=O. The molecule has 0 spiro atoms. The Morgan fingerprint density at radius 3 is 1.50 bits per heavy atom. The number of hydrogen-bond acceptors (Lipinski definition) is 2. The van der Waals surface area contributed by atoms with Gasteiger partial charge in [-0.25, -0.2) is 0 Å². The fourth-order valence-electron chi connectivity index (χ4n) is 0.352. The van der Waals surface area contributed by atoms with Gasteiger partial charge in [0.2, 0.25) is 0 Å². The van der Waals surface area contributed by atoms with E-state index in [4.69, 9.17) is 0 Å². The van der Waals surface area contributed by atoms with Gasteiger partial charge in [0.1, 0.15) is 11.6 Å². The van der Waals surface area contributed by atoms with Gasteiger partial charge in [-0.05, 0) is 20.3 Å². The van der Waals surface area contributed by atoms with Crippen LogP contribution in [0.4, 0.5) is 0 Å². The van der Waals surface area contributed by atoms with E-state index in [0.717, 1.165) is 12.8 Å². The fourth-order valence-corrected chi connectivity index (χ4v) is 0.352. The van der Waals surface area contributed by atoms with Gasteiger partial charge in [0.05, 0.1) is 0 Å². The van der Waals surface area contributed by atoms with Crippen LogP contribution >= 0.6 is 0 Å². The molecule has 0 aliphatic rings. The van der Waals surface area contributed by atoms with Crippen LogP contribution in [-0.2, 0) is 9.59 Å². The number of Topliss-reactive ketones (excluding diaryl/α,β-unsaturated/α-hetero) is 2. The Balaban J connectivity index is 0. The van der Waals surface area contributed by atoms with Crippen LogP contribution in [0.3, 0.4) is 0 Å². The zero-order valence-electron chi connectivity index (χ0n) is 8.81. The van der Waals surface area contributed by atoms with Gasteiger partial charge < -0.3 is 4.79 Å². The van der Waals surface area contributed by atoms with Crippen LogP contribution in [0.5, 0.6) is 0 Å². The second-order valence-electron chi connectivity index (χ2n) is 3.22. The maximum Gasteiger partial charge on any atom is 0.132 e. The summed E-state index contributed by atoms with van der Waals surface area (Å²) in [6.07, 6.45) is 1.72. The van der Waals surface area contributed by atoms with Crippen molar-refractivity contribution in [2.45, 2.75) is 47.5 Å². The molecule has 72 valence electrons. The second kappa shape index (κ2) is 8.44. The third kappa shape index (κ3) is 16.2. The molecule has 0 aromatic carbocycles. The average molecular weight is 172 g/mol. The highest BCUT2D eigenvalue weighted by Crippen LogP contribution is 1.89. The van der Waals surface area contributed by atoms with Crippen molar-refractivity contribution in [3.63, 3.8) is 0 Å². The standard InChI is InChI=1S/2C5H10O/c1-4(2)5(3)6;1-3-4-5(2)6/h4H,1-3H3;3-4H2,1-2H3. The van der Waals surface area contributed by atoms with E-state index in [0.29, 0.717) is 0 Å². The van der Waals surface area contributed by atoms with Crippen molar-refractivity contribution in [2.75, 3.05) is 0 Å². The average Bonchev–Trinajstić information content (AvgIpc) is 1.87. The van der Waals surface area contributed by atoms with Gasteiger partial charge in [-0.3, -0.25) is 4.79 Å². The molecule has 0 unspecified atom stereocenters. The lowest BCUT2D eigenvalue weighted by atomic mass is 10.1. The van der Waals surface area contributed by atoms with Crippen molar-refractivity contribution in [1.29, 1.82) is 0 Å². The Hall–Kier alpha value is -0.660. The summed E-state index contributed by atoms with van der Waals surface area (Å²) in [6, 6.07) is 0. The van der Waals surface area contributed by atoms with E-state index < -0.39 is 0 Å². The number of hydrogen-bond donors (Lipinski definition) is 0. The van der Waals surface area contributed by atoms with E-state index in [1.165, 1.54) is 0 Å². The number of carbonyl (C=O) groups is 2. The Morgan fingerprint density at radius 1 is 1.17 bits per heavy atom. The summed E-state index contributed by atoms with van der Waals surface area (Å²) in [4.78, 5) is 20.2. The summed E-state index contributed by atoms with van der Waals surface area (Å²) in [5.41, 5.74) is 0. The summed E-state index contributed by atoms with van der Waals surface area (Å²) in [5, 5.41) is 0. The van der Waals surface area contributed by atoms with E-state index in [1.807, 2.05) is 20.8 Å². The van der Waals surface area contributed by atoms with Crippen LogP contribution in [0.25, 0.3) is 0 Å². The molecule has 0 rings (SSSR count). The lowest BCUT2D eigenvalue weighted by molar-refractivity contribution is -0.119. The Kier molecular flexibility index (Phi) is 9.77. The molecule has 2 nitrogen and oxygen atoms in total. The monoisotopic (exact) mass is 172 g/mol. The third-order valence-electron chi connectivity index (χ3n) is 1.42. The van der Waals surface area contributed by atoms with Crippen molar-refractivity contribution in [2.24, 2.45) is 5.92 Å². The first-order chi connectivity index (χ1) is 5.41. The first kappa shape index (κ1) is 13.9. The molecule has 0 aromatic heterocycles. The molecule has 0 aliphatic heterocycles. The topological polar surface area (TPSA) is 34.1 Å². The highest BCUT2D eigenvalue weighted by atomic mass is 16.1. The molecule has 0 radical (unpaired) electrons. The lowest BCUT2D eigenvalue weighted by Crippen LogP contribution is -1.98. The summed E-state index contributed by atoms with van der Waals surface area (Å²) < 4.78 is 0. The first-order valence-corrected chi connectivity index (χ1v) is 4.41. The van der Waals surface area contributed by atoms with Crippen LogP contribution in [0.2, 0.25) is 0 Å². The molecule has 2 heteroatoms. The maximum atomic E-state index is 10.1. The Bertz CT molecular complexity index is 137. The van der Waals surface area contributed by atoms with Crippen molar-refractivity contribution < 1.29 is 9.59 Å². The van der Waals surface area contributed by atoms with E-state index in [2.05, 4.69) is 0 Å². The van der Waals surface area contributed by atoms with Gasteiger partial charge in [-0.15, -0.1) is 0 Å². The van der Waals surface area contributed by atoms with Gasteiger partial charge in [-0.2, -0.15) is 0 Å². The molecule has 0 saturated carbocycles. The first-order valence-electron chi connectivity index (χ1n) is 4.41. The molecule has 0 heterocycles. The normalized spacial score (nSPS) is 8.83. The van der Waals surface area contributed by atoms with E-state index in [-0.39, 0.29) is 17.5 Å². The van der Waals surface area contributed by atoms with Crippen LogP contribution in [0.15, 0.2) is 0 Å². The molecule has 0 aromatic rings. The van der Waals surface area contributed by atoms with Gasteiger partial charge in [-0.1, -0.05) is 20.8 Å². The molecule has 0 atom stereocenters. The molecular weight excluding hydrogens is 152 g/mol. The molecule has 12 heavy (non-hydrogen) atoms. The quantitative estimate of drug-likeness (QED) is 0.655. The van der Waals surface area contributed by atoms with E-state index in [1.54, 1.807) is 13.8 Å². The molecule has 0 bridgehead atoms. The predicted octanol–water partition coefficient (Wildman–Crippen LogP) is 2.61. The third-order valence-corrected chi connectivity index (χ3v) is 1.42. The van der Waals surface area contributed by atoms with Gasteiger partial charge >= 0.3 is 0 Å². The molecule has 0 fully saturated rings. The van der Waals surface area contributed by atoms with Crippen LogP contribution < -0.4 is 0 Å². The minimum atomic E-state index is 0.213. The Labute approximate surface area is 75.4 Å². The highest BCUT2D eigenvalue weighted by molar-refractivity contribution is 5.77. The zero-order chi connectivity index (χ0) is 10.1. The highest BCUT2D eigenvalue weighted by Gasteiger charge is 1.95. The van der Waals surface area contributed by atoms with Crippen molar-refractivity contribution in [1.82, 2.24) is 0 Å². The smallest absolute Gasteiger partial charge is 0.132 e. The number of ketones is 2. The number of rotatable bonds is 3. The molecule has 0 N–H and O–H groups in total. The largest absolute Gasteiger partial charge is 0.300 e. The molecule has 0 aliphatic carbocycles. The minimum Gasteiger partial charge on any atom is -0.300 e. The van der Waals surface area contributed by atoms with E-state index >= 15 is 0 Å². The summed E-state index contributed by atoms with van der Waals surface area (Å²) >= 11 is 0. The fraction of sp³-hybridized carbons (Fsp3) is 0.800. The second-order valence-corrected chi connectivity index (χ2v) is 3.22. The summed E-state index contributed by atoms with van der Waals surface area (Å²) in [7, 11) is 0. The van der Waals surface area contributed by atoms with Crippen molar-refractivity contribution in [3.8, 4) is 0 Å². The summed E-state index contributed by atoms with van der Waals surface area (Å²) in [5.74, 6) is 0.762. The van der Waals surface area contributed by atoms with Crippen LogP contribution in [0.1, 0.15) is 47.5 Å². The minimum absolute atomic E-state index is 0.213. The molecule has 0 amide bonds. The molecule has 0 saturated heterocycles. The summed E-state index contributed by atoms with van der Waals surface area (Å²) in [6.45, 7) is 9.00. The van der Waals surface area contributed by atoms with Crippen molar-refractivity contribution in [3.05, 3.63) is 0 Å². The lowest BCUT2D eigenvalue weighted by Gasteiger charge is -1.90. The predicted molar refractivity (Wildman–Crippen MR) is 51.1 cm³/mol. The maximum absolute atomic E-state index is 10.1. The number of carbonyl (C=O) groups excluding carboxylic acids is 2. The Morgan fingerprint density at radius 2 is 1.50 bits per heavy atom. The van der Waals surface area contributed by atoms with Gasteiger partial charge in [0.25, 0.3) is 0 Å². The van der Waals surface area contributed by atoms with Crippen molar-refractivity contribution >= 4 is 11.6 Å². The molecular formula is C10H20O2. The van der Waals surface area contributed by atoms with Crippen LogP contribution in [-0.4, -0.2) is 11.6 Å². The van der Waals surface area contributed by atoms with Gasteiger partial charge in [0.15, 0.2) is 0 Å². The van der Waals surface area contributed by atoms with E-state index in [9.17, 15) is 9.59 Å². The van der Waals surface area contributed by atoms with Crippen LogP contribution in [0, 0.1) is 5.92 Å².